The SMILES string of the molecule is CCCNC(C(C)C)C(O)c1cc(F)ccc1F. The molecule has 0 fully saturated rings. The molecule has 0 saturated heterocycles. The largest absolute Gasteiger partial charge is 0.387 e. The smallest absolute Gasteiger partial charge is 0.129 e. The average molecular weight is 257 g/mol. The van der Waals surface area contributed by atoms with Gasteiger partial charge < -0.3 is 10.4 Å². The highest BCUT2D eigenvalue weighted by Gasteiger charge is 2.26. The van der Waals surface area contributed by atoms with E-state index in [1.807, 2.05) is 20.8 Å². The van der Waals surface area contributed by atoms with Gasteiger partial charge in [-0.3, -0.25) is 0 Å². The van der Waals surface area contributed by atoms with Crippen LogP contribution in [0.5, 0.6) is 0 Å². The number of rotatable bonds is 6. The lowest BCUT2D eigenvalue weighted by molar-refractivity contribution is 0.102. The minimum absolute atomic E-state index is 0.0114. The molecular weight excluding hydrogens is 236 g/mol. The molecule has 18 heavy (non-hydrogen) atoms. The van der Waals surface area contributed by atoms with Gasteiger partial charge in [0.1, 0.15) is 11.6 Å². The second-order valence-corrected chi connectivity index (χ2v) is 4.83. The molecule has 0 saturated carbocycles. The normalized spacial score (nSPS) is 14.8. The van der Waals surface area contributed by atoms with E-state index in [1.54, 1.807) is 0 Å². The third-order valence-corrected chi connectivity index (χ3v) is 2.97. The molecule has 0 aliphatic heterocycles. The predicted molar refractivity (Wildman–Crippen MR) is 68.2 cm³/mol. The number of halogens is 2. The Labute approximate surface area is 107 Å². The van der Waals surface area contributed by atoms with Crippen LogP contribution in [0.25, 0.3) is 0 Å². The molecule has 1 aromatic rings. The minimum Gasteiger partial charge on any atom is -0.387 e. The molecule has 4 heteroatoms. The summed E-state index contributed by atoms with van der Waals surface area (Å²) in [6.45, 7) is 6.62. The maximum atomic E-state index is 13.6. The van der Waals surface area contributed by atoms with E-state index in [0.717, 1.165) is 31.2 Å². The molecule has 0 amide bonds. The van der Waals surface area contributed by atoms with E-state index in [9.17, 15) is 13.9 Å². The highest BCUT2D eigenvalue weighted by Crippen LogP contribution is 2.25. The molecule has 0 radical (unpaired) electrons. The summed E-state index contributed by atoms with van der Waals surface area (Å²) in [5.41, 5.74) is 0.0114. The van der Waals surface area contributed by atoms with E-state index in [1.165, 1.54) is 0 Å². The molecule has 2 unspecified atom stereocenters. The Bertz CT molecular complexity index is 382. The lowest BCUT2D eigenvalue weighted by Gasteiger charge is -2.28. The summed E-state index contributed by atoms with van der Waals surface area (Å²) in [5, 5.41) is 13.4. The van der Waals surface area contributed by atoms with Gasteiger partial charge in [-0.25, -0.2) is 8.78 Å². The van der Waals surface area contributed by atoms with Gasteiger partial charge in [-0.2, -0.15) is 0 Å². The molecule has 0 aromatic heterocycles. The Morgan fingerprint density at radius 2 is 1.94 bits per heavy atom. The summed E-state index contributed by atoms with van der Waals surface area (Å²) in [6.07, 6.45) is -0.131. The third-order valence-electron chi connectivity index (χ3n) is 2.97. The van der Waals surface area contributed by atoms with Crippen molar-refractivity contribution in [1.82, 2.24) is 5.32 Å². The first-order chi connectivity index (χ1) is 8.47. The van der Waals surface area contributed by atoms with Gasteiger partial charge >= 0.3 is 0 Å². The van der Waals surface area contributed by atoms with Crippen molar-refractivity contribution in [1.29, 1.82) is 0 Å². The fourth-order valence-corrected chi connectivity index (χ4v) is 1.96. The van der Waals surface area contributed by atoms with Crippen molar-refractivity contribution >= 4 is 0 Å². The first-order valence-electron chi connectivity index (χ1n) is 6.33. The molecule has 2 atom stereocenters. The summed E-state index contributed by atoms with van der Waals surface area (Å²) in [6, 6.07) is 2.87. The van der Waals surface area contributed by atoms with E-state index in [0.29, 0.717) is 0 Å². The molecule has 2 N–H and O–H groups in total. The molecule has 1 aromatic carbocycles. The number of aliphatic hydroxyl groups excluding tert-OH is 1. The fourth-order valence-electron chi connectivity index (χ4n) is 1.96. The van der Waals surface area contributed by atoms with Crippen molar-refractivity contribution in [3.63, 3.8) is 0 Å². The summed E-state index contributed by atoms with van der Waals surface area (Å²) < 4.78 is 26.7. The van der Waals surface area contributed by atoms with Crippen LogP contribution < -0.4 is 5.32 Å². The number of nitrogens with one attached hydrogen (secondary N) is 1. The van der Waals surface area contributed by atoms with Crippen LogP contribution in [0.1, 0.15) is 38.9 Å². The van der Waals surface area contributed by atoms with E-state index in [-0.39, 0.29) is 17.5 Å². The summed E-state index contributed by atoms with van der Waals surface area (Å²) >= 11 is 0. The van der Waals surface area contributed by atoms with Crippen molar-refractivity contribution in [2.24, 2.45) is 5.92 Å². The highest BCUT2D eigenvalue weighted by atomic mass is 19.1. The van der Waals surface area contributed by atoms with E-state index in [2.05, 4.69) is 5.32 Å². The van der Waals surface area contributed by atoms with Gasteiger partial charge in [0.2, 0.25) is 0 Å². The minimum atomic E-state index is -1.05. The van der Waals surface area contributed by atoms with Gasteiger partial charge in [0.15, 0.2) is 0 Å². The van der Waals surface area contributed by atoms with Crippen LogP contribution >= 0.6 is 0 Å². The van der Waals surface area contributed by atoms with Gasteiger partial charge in [0, 0.05) is 11.6 Å². The molecule has 0 aliphatic rings. The Morgan fingerprint density at radius 1 is 1.28 bits per heavy atom. The first-order valence-corrected chi connectivity index (χ1v) is 6.33. The van der Waals surface area contributed by atoms with Gasteiger partial charge in [0.25, 0.3) is 0 Å². The van der Waals surface area contributed by atoms with Gasteiger partial charge in [-0.1, -0.05) is 20.8 Å². The predicted octanol–water partition coefficient (Wildman–Crippen LogP) is 3.02. The van der Waals surface area contributed by atoms with Crippen molar-refractivity contribution in [2.75, 3.05) is 6.54 Å². The molecule has 0 aliphatic carbocycles. The Kier molecular flexibility index (Phi) is 5.69. The molecule has 0 heterocycles. The number of hydrogen-bond acceptors (Lipinski definition) is 2. The second-order valence-electron chi connectivity index (χ2n) is 4.83. The molecule has 1 rings (SSSR count). The van der Waals surface area contributed by atoms with Crippen LogP contribution in [0.4, 0.5) is 8.78 Å². The van der Waals surface area contributed by atoms with Crippen LogP contribution in [-0.4, -0.2) is 17.7 Å². The maximum Gasteiger partial charge on any atom is 0.129 e. The van der Waals surface area contributed by atoms with E-state index >= 15 is 0 Å². The summed E-state index contributed by atoms with van der Waals surface area (Å²) in [4.78, 5) is 0. The van der Waals surface area contributed by atoms with Crippen LogP contribution in [-0.2, 0) is 0 Å². The monoisotopic (exact) mass is 257 g/mol. The Morgan fingerprint density at radius 3 is 2.50 bits per heavy atom. The van der Waals surface area contributed by atoms with Crippen molar-refractivity contribution in [2.45, 2.75) is 39.3 Å². The molecule has 0 bridgehead atoms. The quantitative estimate of drug-likeness (QED) is 0.821. The zero-order valence-corrected chi connectivity index (χ0v) is 11.1. The standard InChI is InChI=1S/C14H21F2NO/c1-4-7-17-13(9(2)3)14(18)11-8-10(15)5-6-12(11)16/h5-6,8-9,13-14,17-18H,4,7H2,1-3H3. The third kappa shape index (κ3) is 3.75. The fraction of sp³-hybridized carbons (Fsp3) is 0.571. The molecular formula is C14H21F2NO. The van der Waals surface area contributed by atoms with Crippen LogP contribution in [0.3, 0.4) is 0 Å². The highest BCUT2D eigenvalue weighted by molar-refractivity contribution is 5.22. The summed E-state index contributed by atoms with van der Waals surface area (Å²) in [5.74, 6) is -0.995. The van der Waals surface area contributed by atoms with E-state index in [4.69, 9.17) is 0 Å². The van der Waals surface area contributed by atoms with Gasteiger partial charge in [0.05, 0.1) is 6.10 Å². The van der Waals surface area contributed by atoms with Crippen LogP contribution in [0, 0.1) is 17.6 Å². The molecule has 0 spiro atoms. The zero-order chi connectivity index (χ0) is 13.7. The summed E-state index contributed by atoms with van der Waals surface area (Å²) in [7, 11) is 0. The lowest BCUT2D eigenvalue weighted by atomic mass is 9.93. The number of aliphatic hydroxyl groups is 1. The lowest BCUT2D eigenvalue weighted by Crippen LogP contribution is -2.40. The van der Waals surface area contributed by atoms with Crippen LogP contribution in [0.15, 0.2) is 18.2 Å². The number of benzene rings is 1. The van der Waals surface area contributed by atoms with Crippen molar-refractivity contribution in [3.8, 4) is 0 Å². The second kappa shape index (κ2) is 6.81. The van der Waals surface area contributed by atoms with Crippen LogP contribution in [0.2, 0.25) is 0 Å². The first kappa shape index (κ1) is 15.1. The Hall–Kier alpha value is -1.00. The number of hydrogen-bond donors (Lipinski definition) is 2. The topological polar surface area (TPSA) is 32.3 Å². The maximum absolute atomic E-state index is 13.6. The molecule has 102 valence electrons. The average Bonchev–Trinajstić information content (AvgIpc) is 2.32. The van der Waals surface area contributed by atoms with Crippen molar-refractivity contribution < 1.29 is 13.9 Å². The van der Waals surface area contributed by atoms with Gasteiger partial charge in [-0.05, 0) is 37.1 Å². The molecule has 2 nitrogen and oxygen atoms in total. The van der Waals surface area contributed by atoms with Gasteiger partial charge in [-0.15, -0.1) is 0 Å². The Balaban J connectivity index is 2.93. The van der Waals surface area contributed by atoms with E-state index < -0.39 is 17.7 Å². The van der Waals surface area contributed by atoms with Crippen molar-refractivity contribution in [3.05, 3.63) is 35.4 Å². The zero-order valence-electron chi connectivity index (χ0n) is 11.1.